The van der Waals surface area contributed by atoms with E-state index in [1.54, 1.807) is 13.8 Å². The molecule has 6 nitrogen and oxygen atoms in total. The minimum absolute atomic E-state index is 0.247. The van der Waals surface area contributed by atoms with Crippen molar-refractivity contribution in [2.24, 2.45) is 17.8 Å². The van der Waals surface area contributed by atoms with Gasteiger partial charge in [-0.2, -0.15) is 0 Å². The van der Waals surface area contributed by atoms with Crippen LogP contribution in [0.4, 0.5) is 0 Å². The van der Waals surface area contributed by atoms with Crippen molar-refractivity contribution in [3.05, 3.63) is 34.9 Å². The standard InChI is InChI=1S/C33H54O6/c1-7-13-16-25(10-4)22-37-31(34)28-19-20-29(32(35)38-23-26(11-5)17-14-8-2)30(21-28)33(36)39-24-27(12-6)18-15-9-3/h19-21,25-27H,7-18,22-24H2,1-6H3/i22D2,23D2,24D2. The van der Waals surface area contributed by atoms with Gasteiger partial charge in [-0.3, -0.25) is 0 Å². The number of hydrogen-bond acceptors (Lipinski definition) is 6. The fourth-order valence-corrected chi connectivity index (χ4v) is 3.99. The molecule has 0 saturated heterocycles. The van der Waals surface area contributed by atoms with Crippen LogP contribution in [0.15, 0.2) is 18.2 Å². The maximum absolute atomic E-state index is 13.5. The summed E-state index contributed by atoms with van der Waals surface area (Å²) in [4.78, 5) is 40.1. The second kappa shape index (κ2) is 20.5. The molecule has 222 valence electrons. The van der Waals surface area contributed by atoms with E-state index in [9.17, 15) is 14.4 Å². The highest BCUT2D eigenvalue weighted by atomic mass is 16.5. The van der Waals surface area contributed by atoms with Gasteiger partial charge in [-0.15, -0.1) is 0 Å². The molecule has 0 saturated carbocycles. The number of unbranched alkanes of at least 4 members (excludes halogenated alkanes) is 3. The minimum atomic E-state index is -2.40. The highest BCUT2D eigenvalue weighted by molar-refractivity contribution is 6.05. The van der Waals surface area contributed by atoms with Gasteiger partial charge >= 0.3 is 17.9 Å². The first-order chi connectivity index (χ1) is 21.0. The summed E-state index contributed by atoms with van der Waals surface area (Å²) in [6, 6.07) is 3.28. The fraction of sp³-hybridized carbons (Fsp3) is 0.727. The molecular weight excluding hydrogens is 492 g/mol. The van der Waals surface area contributed by atoms with Crippen LogP contribution in [0.25, 0.3) is 0 Å². The summed E-state index contributed by atoms with van der Waals surface area (Å²) in [7, 11) is 0. The highest BCUT2D eigenvalue weighted by Crippen LogP contribution is 2.21. The van der Waals surface area contributed by atoms with E-state index < -0.39 is 66.5 Å². The lowest BCUT2D eigenvalue weighted by Crippen LogP contribution is -2.20. The lowest BCUT2D eigenvalue weighted by molar-refractivity contribution is 0.0379. The summed E-state index contributed by atoms with van der Waals surface area (Å²) in [6.45, 7) is 4.26. The quantitative estimate of drug-likeness (QED) is 0.112. The molecule has 0 radical (unpaired) electrons. The van der Waals surface area contributed by atoms with Gasteiger partial charge in [0.15, 0.2) is 0 Å². The van der Waals surface area contributed by atoms with Crippen LogP contribution in [-0.2, 0) is 14.2 Å². The molecule has 0 aliphatic rings. The molecule has 0 heterocycles. The lowest BCUT2D eigenvalue weighted by Gasteiger charge is -2.18. The van der Waals surface area contributed by atoms with E-state index in [1.165, 1.54) is 6.07 Å². The molecule has 0 fully saturated rings. The number of ether oxygens (including phenoxy) is 3. The smallest absolute Gasteiger partial charge is 0.339 e. The van der Waals surface area contributed by atoms with Crippen LogP contribution in [0.1, 0.15) is 158 Å². The van der Waals surface area contributed by atoms with Crippen LogP contribution in [0.2, 0.25) is 0 Å². The first-order valence-electron chi connectivity index (χ1n) is 17.9. The predicted octanol–water partition coefficient (Wildman–Crippen LogP) is 8.81. The van der Waals surface area contributed by atoms with Crippen LogP contribution >= 0.6 is 0 Å². The third kappa shape index (κ3) is 13.0. The van der Waals surface area contributed by atoms with Gasteiger partial charge in [0.1, 0.15) is 0 Å². The van der Waals surface area contributed by atoms with Gasteiger partial charge in [-0.1, -0.05) is 99.3 Å². The van der Waals surface area contributed by atoms with E-state index >= 15 is 0 Å². The van der Waals surface area contributed by atoms with Crippen molar-refractivity contribution >= 4 is 17.9 Å². The maximum atomic E-state index is 13.5. The molecule has 0 aliphatic heterocycles. The summed E-state index contributed by atoms with van der Waals surface area (Å²) in [5.41, 5.74) is -1.15. The molecule has 3 unspecified atom stereocenters. The van der Waals surface area contributed by atoms with Gasteiger partial charge < -0.3 is 14.2 Å². The Balaban J connectivity index is 3.54. The van der Waals surface area contributed by atoms with Crippen LogP contribution in [0, 0.1) is 17.8 Å². The highest BCUT2D eigenvalue weighted by Gasteiger charge is 2.24. The summed E-state index contributed by atoms with van der Waals surface area (Å²) in [6.07, 6.45) is 7.44. The number of esters is 3. The Kier molecular flexibility index (Phi) is 13.5. The zero-order valence-electron chi connectivity index (χ0n) is 30.9. The van der Waals surface area contributed by atoms with Crippen molar-refractivity contribution in [3.63, 3.8) is 0 Å². The fourth-order valence-electron chi connectivity index (χ4n) is 3.99. The van der Waals surface area contributed by atoms with E-state index in [0.29, 0.717) is 38.5 Å². The summed E-state index contributed by atoms with van der Waals surface area (Å²) in [5.74, 6) is -5.23. The Morgan fingerprint density at radius 3 is 1.38 bits per heavy atom. The van der Waals surface area contributed by atoms with Crippen molar-refractivity contribution in [3.8, 4) is 0 Å². The van der Waals surface area contributed by atoms with Gasteiger partial charge in [-0.05, 0) is 55.2 Å². The molecule has 39 heavy (non-hydrogen) atoms. The predicted molar refractivity (Wildman–Crippen MR) is 157 cm³/mol. The molecule has 1 aromatic carbocycles. The first-order valence-corrected chi connectivity index (χ1v) is 14.9. The van der Waals surface area contributed by atoms with Crippen molar-refractivity contribution in [1.29, 1.82) is 0 Å². The summed E-state index contributed by atoms with van der Waals surface area (Å²) < 4.78 is 66.6. The molecule has 0 spiro atoms. The van der Waals surface area contributed by atoms with Gasteiger partial charge in [0.05, 0.1) is 44.6 Å². The zero-order chi connectivity index (χ0) is 34.4. The Hall–Kier alpha value is -2.37. The second-order valence-electron chi connectivity index (χ2n) is 10.0. The normalized spacial score (nSPS) is 16.8. The third-order valence-corrected chi connectivity index (χ3v) is 6.85. The Bertz CT molecular complexity index is 1090. The van der Waals surface area contributed by atoms with Crippen molar-refractivity contribution < 1.29 is 36.8 Å². The van der Waals surface area contributed by atoms with Gasteiger partial charge in [-0.25, -0.2) is 14.4 Å². The summed E-state index contributed by atoms with van der Waals surface area (Å²) >= 11 is 0. The number of carbonyl (C=O) groups is 3. The third-order valence-electron chi connectivity index (χ3n) is 6.85. The largest absolute Gasteiger partial charge is 0.462 e. The van der Waals surface area contributed by atoms with Crippen LogP contribution in [-0.4, -0.2) is 37.6 Å². The average Bonchev–Trinajstić information content (AvgIpc) is 2.96. The monoisotopic (exact) mass is 552 g/mol. The maximum Gasteiger partial charge on any atom is 0.339 e. The number of benzene rings is 1. The van der Waals surface area contributed by atoms with Crippen LogP contribution in [0.5, 0.6) is 0 Å². The molecule has 3 atom stereocenters. The molecule has 0 bridgehead atoms. The van der Waals surface area contributed by atoms with Gasteiger partial charge in [0.25, 0.3) is 0 Å². The molecule has 0 aromatic heterocycles. The number of carbonyl (C=O) groups excluding carboxylic acids is 3. The van der Waals surface area contributed by atoms with Crippen molar-refractivity contribution in [1.82, 2.24) is 0 Å². The molecule has 6 heteroatoms. The Morgan fingerprint density at radius 2 is 1.00 bits per heavy atom. The molecule has 0 aliphatic carbocycles. The molecular formula is C33H54O6. The van der Waals surface area contributed by atoms with E-state index in [2.05, 4.69) is 0 Å². The van der Waals surface area contributed by atoms with E-state index in [-0.39, 0.29) is 5.56 Å². The Labute approximate surface area is 246 Å². The van der Waals surface area contributed by atoms with Crippen molar-refractivity contribution in [2.45, 2.75) is 119 Å². The van der Waals surface area contributed by atoms with E-state index in [1.807, 2.05) is 27.7 Å². The topological polar surface area (TPSA) is 78.9 Å². The SMILES string of the molecule is [2H]C([2H])(OC(=O)c1ccc(C(=O)OC([2H])([2H])C(CC)CCCC)c(C(=O)OC([2H])([2H])C(CC)CCCC)c1)C(CC)CCCC. The van der Waals surface area contributed by atoms with Crippen LogP contribution in [0.3, 0.4) is 0 Å². The lowest BCUT2D eigenvalue weighted by atomic mass is 10.00. The van der Waals surface area contributed by atoms with Crippen molar-refractivity contribution in [2.75, 3.05) is 19.7 Å². The molecule has 0 amide bonds. The average molecular weight is 553 g/mol. The van der Waals surface area contributed by atoms with Gasteiger partial charge in [0.2, 0.25) is 0 Å². The zero-order valence-corrected chi connectivity index (χ0v) is 24.9. The van der Waals surface area contributed by atoms with E-state index in [0.717, 1.165) is 50.7 Å². The Morgan fingerprint density at radius 1 is 0.615 bits per heavy atom. The second-order valence-corrected chi connectivity index (χ2v) is 10.0. The van der Waals surface area contributed by atoms with Crippen LogP contribution < -0.4 is 0 Å². The first kappa shape index (κ1) is 25.6. The van der Waals surface area contributed by atoms with Gasteiger partial charge in [0, 0.05) is 0 Å². The summed E-state index contributed by atoms with van der Waals surface area (Å²) in [5, 5.41) is 0. The molecule has 0 N–H and O–H groups in total. The molecule has 1 rings (SSSR count). The number of rotatable bonds is 21. The molecule has 1 aromatic rings. The number of hydrogen-bond donors (Lipinski definition) is 0. The van der Waals surface area contributed by atoms with E-state index in [4.69, 9.17) is 22.4 Å². The minimum Gasteiger partial charge on any atom is -0.462 e.